The predicted molar refractivity (Wildman–Crippen MR) is 168 cm³/mol. The number of benzene rings is 3. The fraction of sp³-hybridized carbons (Fsp3) is 0.278. The number of allylic oxidation sites excluding steroid dienone is 1. The number of halogens is 3. The van der Waals surface area contributed by atoms with Crippen LogP contribution in [-0.4, -0.2) is 35.1 Å². The Hall–Kier alpha value is -4.63. The summed E-state index contributed by atoms with van der Waals surface area (Å²) in [6, 6.07) is 26.9. The van der Waals surface area contributed by atoms with E-state index in [4.69, 9.17) is 9.47 Å². The molecule has 3 aromatic carbocycles. The van der Waals surface area contributed by atoms with Gasteiger partial charge in [0.2, 0.25) is 5.88 Å². The molecular formula is C36H36F3N3O3. The Morgan fingerprint density at radius 2 is 1.51 bits per heavy atom. The minimum Gasteiger partial charge on any atom is -0.475 e. The maximum absolute atomic E-state index is 14.4. The molecule has 0 unspecified atom stereocenters. The Kier molecular flexibility index (Phi) is 9.88. The topological polar surface area (TPSA) is 63.7 Å². The highest BCUT2D eigenvalue weighted by atomic mass is 19.4. The Morgan fingerprint density at radius 1 is 0.911 bits per heavy atom. The molecule has 0 saturated carbocycles. The summed E-state index contributed by atoms with van der Waals surface area (Å²) in [5, 5.41) is 3.19. The molecule has 1 atom stereocenters. The van der Waals surface area contributed by atoms with Crippen LogP contribution in [0.3, 0.4) is 0 Å². The van der Waals surface area contributed by atoms with E-state index in [-0.39, 0.29) is 29.7 Å². The first-order chi connectivity index (χ1) is 21.6. The molecule has 5 rings (SSSR count). The molecular weight excluding hydrogens is 579 g/mol. The molecule has 0 amide bonds. The smallest absolute Gasteiger partial charge is 0.416 e. The Labute approximate surface area is 261 Å². The van der Waals surface area contributed by atoms with Crippen LogP contribution >= 0.6 is 0 Å². The van der Waals surface area contributed by atoms with Crippen molar-refractivity contribution < 1.29 is 27.4 Å². The molecule has 6 nitrogen and oxygen atoms in total. The molecule has 0 fully saturated rings. The summed E-state index contributed by atoms with van der Waals surface area (Å²) < 4.78 is 54.9. The van der Waals surface area contributed by atoms with E-state index in [1.807, 2.05) is 74.5 Å². The van der Waals surface area contributed by atoms with E-state index in [9.17, 15) is 18.0 Å². The van der Waals surface area contributed by atoms with Gasteiger partial charge in [0.25, 0.3) is 0 Å². The molecule has 0 saturated heterocycles. The highest BCUT2D eigenvalue weighted by Gasteiger charge is 2.42. The number of alkyl halides is 3. The van der Waals surface area contributed by atoms with Crippen LogP contribution in [0, 0.1) is 0 Å². The molecule has 1 N–H and O–H groups in total. The summed E-state index contributed by atoms with van der Waals surface area (Å²) in [5.41, 5.74) is 2.68. The second-order valence-corrected chi connectivity index (χ2v) is 11.2. The average molecular weight is 616 g/mol. The Bertz CT molecular complexity index is 1600. The first-order valence-electron chi connectivity index (χ1n) is 14.9. The van der Waals surface area contributed by atoms with Gasteiger partial charge in [-0.3, -0.25) is 4.90 Å². The largest absolute Gasteiger partial charge is 0.475 e. The highest BCUT2D eigenvalue weighted by Crippen LogP contribution is 2.49. The van der Waals surface area contributed by atoms with Gasteiger partial charge < -0.3 is 14.8 Å². The van der Waals surface area contributed by atoms with Gasteiger partial charge in [0.15, 0.2) is 0 Å². The van der Waals surface area contributed by atoms with Crippen LogP contribution in [0.4, 0.5) is 18.9 Å². The van der Waals surface area contributed by atoms with Gasteiger partial charge in [0, 0.05) is 42.8 Å². The molecule has 4 aromatic rings. The molecule has 9 heteroatoms. The third kappa shape index (κ3) is 7.72. The number of hydrogen-bond acceptors (Lipinski definition) is 6. The van der Waals surface area contributed by atoms with E-state index < -0.39 is 23.6 Å². The van der Waals surface area contributed by atoms with Gasteiger partial charge in [0.05, 0.1) is 23.2 Å². The quantitative estimate of drug-likeness (QED) is 0.173. The number of carbonyl (C=O) groups excluding carboxylic acids is 1. The van der Waals surface area contributed by atoms with Gasteiger partial charge in [-0.1, -0.05) is 78.9 Å². The number of nitrogens with one attached hydrogen (secondary N) is 1. The second kappa shape index (κ2) is 14.0. The standard InChI is InChI=1S/C36H36F3N3O3/c1-24(2)45-34-33-30(18-19-40-34)41-25(3)31(32(33)28-16-10-11-17-29(28)36(37,38)39)35(43)44-21-20-42(22-26-12-6-4-7-13-26)23-27-14-8-5-9-15-27/h4-19,24,32,41H,20-23H2,1-3H3/t32-/m1/s1. The molecule has 0 bridgehead atoms. The molecule has 1 aliphatic rings. The number of hydrogen-bond donors (Lipinski definition) is 1. The molecule has 0 spiro atoms. The zero-order valence-electron chi connectivity index (χ0n) is 25.5. The number of aromatic nitrogens is 1. The lowest BCUT2D eigenvalue weighted by Crippen LogP contribution is -2.30. The van der Waals surface area contributed by atoms with Crippen molar-refractivity contribution in [2.75, 3.05) is 18.5 Å². The van der Waals surface area contributed by atoms with Crippen molar-refractivity contribution in [2.24, 2.45) is 0 Å². The van der Waals surface area contributed by atoms with Crippen molar-refractivity contribution in [3.63, 3.8) is 0 Å². The van der Waals surface area contributed by atoms with Crippen LogP contribution in [-0.2, 0) is 28.8 Å². The third-order valence-corrected chi connectivity index (χ3v) is 7.54. The zero-order valence-corrected chi connectivity index (χ0v) is 25.5. The van der Waals surface area contributed by atoms with E-state index >= 15 is 0 Å². The van der Waals surface area contributed by atoms with Crippen molar-refractivity contribution in [1.29, 1.82) is 0 Å². The fourth-order valence-corrected chi connectivity index (χ4v) is 5.62. The van der Waals surface area contributed by atoms with Crippen LogP contribution in [0.1, 0.15) is 54.5 Å². The normalized spacial score (nSPS) is 14.7. The average Bonchev–Trinajstić information content (AvgIpc) is 3.00. The predicted octanol–water partition coefficient (Wildman–Crippen LogP) is 7.96. The van der Waals surface area contributed by atoms with E-state index in [1.54, 1.807) is 13.0 Å². The minimum atomic E-state index is -4.65. The number of esters is 1. The summed E-state index contributed by atoms with van der Waals surface area (Å²) in [6.07, 6.45) is -3.42. The second-order valence-electron chi connectivity index (χ2n) is 11.2. The van der Waals surface area contributed by atoms with Gasteiger partial charge in [-0.2, -0.15) is 13.2 Å². The Balaban J connectivity index is 1.46. The lowest BCUT2D eigenvalue weighted by Gasteiger charge is -2.32. The van der Waals surface area contributed by atoms with Crippen molar-refractivity contribution in [3.05, 3.63) is 136 Å². The Morgan fingerprint density at radius 3 is 2.11 bits per heavy atom. The SMILES string of the molecule is CC1=C(C(=O)OCCN(Cc2ccccc2)Cc2ccccc2)[C@@H](c2ccccc2C(F)(F)F)c2c(ccnc2OC(C)C)N1. The molecule has 45 heavy (non-hydrogen) atoms. The van der Waals surface area contributed by atoms with Crippen LogP contribution < -0.4 is 10.1 Å². The summed E-state index contributed by atoms with van der Waals surface area (Å²) in [7, 11) is 0. The summed E-state index contributed by atoms with van der Waals surface area (Å²) in [6.45, 7) is 7.01. The lowest BCUT2D eigenvalue weighted by atomic mass is 9.79. The number of nitrogens with zero attached hydrogens (tertiary/aromatic N) is 2. The molecule has 1 aromatic heterocycles. The maximum Gasteiger partial charge on any atom is 0.416 e. The molecule has 0 aliphatic carbocycles. The van der Waals surface area contributed by atoms with Gasteiger partial charge in [-0.05, 0) is 49.6 Å². The molecule has 2 heterocycles. The summed E-state index contributed by atoms with van der Waals surface area (Å²) >= 11 is 0. The van der Waals surface area contributed by atoms with Crippen molar-refractivity contribution in [2.45, 2.75) is 52.1 Å². The summed E-state index contributed by atoms with van der Waals surface area (Å²) in [4.78, 5) is 20.4. The monoisotopic (exact) mass is 615 g/mol. The fourth-order valence-electron chi connectivity index (χ4n) is 5.62. The van der Waals surface area contributed by atoms with Crippen molar-refractivity contribution in [3.8, 4) is 5.88 Å². The molecule has 0 radical (unpaired) electrons. The van der Waals surface area contributed by atoms with Crippen LogP contribution in [0.15, 0.2) is 108 Å². The van der Waals surface area contributed by atoms with Crippen LogP contribution in [0.5, 0.6) is 5.88 Å². The first kappa shape index (κ1) is 31.8. The number of rotatable bonds is 11. The molecule has 234 valence electrons. The first-order valence-corrected chi connectivity index (χ1v) is 14.9. The summed E-state index contributed by atoms with van der Waals surface area (Å²) in [5.74, 6) is -1.67. The lowest BCUT2D eigenvalue weighted by molar-refractivity contribution is -0.141. The van der Waals surface area contributed by atoms with Gasteiger partial charge in [-0.25, -0.2) is 9.78 Å². The van der Waals surface area contributed by atoms with E-state index in [0.717, 1.165) is 17.2 Å². The maximum atomic E-state index is 14.4. The molecule has 1 aliphatic heterocycles. The minimum absolute atomic E-state index is 0.0398. The van der Waals surface area contributed by atoms with Crippen molar-refractivity contribution >= 4 is 11.7 Å². The van der Waals surface area contributed by atoms with Gasteiger partial charge in [-0.15, -0.1) is 0 Å². The van der Waals surface area contributed by atoms with Gasteiger partial charge >= 0.3 is 12.1 Å². The number of pyridine rings is 1. The van der Waals surface area contributed by atoms with Gasteiger partial charge in [0.1, 0.15) is 6.61 Å². The van der Waals surface area contributed by atoms with E-state index in [2.05, 4.69) is 15.2 Å². The number of ether oxygens (including phenoxy) is 2. The third-order valence-electron chi connectivity index (χ3n) is 7.54. The van der Waals surface area contributed by atoms with Crippen LogP contribution in [0.2, 0.25) is 0 Å². The highest BCUT2D eigenvalue weighted by molar-refractivity contribution is 5.95. The number of fused-ring (bicyclic) bond motifs is 1. The van der Waals surface area contributed by atoms with E-state index in [1.165, 1.54) is 24.4 Å². The zero-order chi connectivity index (χ0) is 32.0. The van der Waals surface area contributed by atoms with E-state index in [0.29, 0.717) is 36.6 Å². The number of carbonyl (C=O) groups is 1. The number of anilines is 1. The van der Waals surface area contributed by atoms with Crippen molar-refractivity contribution in [1.82, 2.24) is 9.88 Å². The van der Waals surface area contributed by atoms with Crippen LogP contribution in [0.25, 0.3) is 0 Å².